The lowest BCUT2D eigenvalue weighted by Crippen LogP contribution is -2.28. The SMILES string of the molecule is NC(=O)NCc1cccc(N=O)c1. The van der Waals surface area contributed by atoms with Crippen molar-refractivity contribution in [3.63, 3.8) is 0 Å². The highest BCUT2D eigenvalue weighted by Crippen LogP contribution is 2.12. The average Bonchev–Trinajstić information content (AvgIpc) is 2.15. The zero-order valence-corrected chi connectivity index (χ0v) is 6.86. The highest BCUT2D eigenvalue weighted by atomic mass is 16.3. The molecule has 0 aliphatic carbocycles. The molecule has 0 aromatic heterocycles. The Hall–Kier alpha value is -1.91. The molecule has 68 valence electrons. The standard InChI is InChI=1S/C8H9N3O2/c9-8(12)10-5-6-2-1-3-7(4-6)11-13/h1-4H,5H2,(H3,9,10,12). The summed E-state index contributed by atoms with van der Waals surface area (Å²) < 4.78 is 0. The molecule has 0 heterocycles. The number of nitrogens with zero attached hydrogens (tertiary/aromatic N) is 1. The first-order valence-electron chi connectivity index (χ1n) is 3.68. The second-order valence-electron chi connectivity index (χ2n) is 2.48. The van der Waals surface area contributed by atoms with Gasteiger partial charge in [-0.1, -0.05) is 12.1 Å². The summed E-state index contributed by atoms with van der Waals surface area (Å²) in [5, 5.41) is 5.17. The fourth-order valence-electron chi connectivity index (χ4n) is 0.912. The van der Waals surface area contributed by atoms with Crippen LogP contribution in [0.1, 0.15) is 5.56 Å². The fourth-order valence-corrected chi connectivity index (χ4v) is 0.912. The lowest BCUT2D eigenvalue weighted by molar-refractivity contribution is 0.248. The predicted octanol–water partition coefficient (Wildman–Crippen LogP) is 1.25. The Balaban J connectivity index is 2.66. The van der Waals surface area contributed by atoms with Gasteiger partial charge in [0.1, 0.15) is 5.69 Å². The molecule has 0 aliphatic heterocycles. The lowest BCUT2D eigenvalue weighted by Gasteiger charge is -2.01. The summed E-state index contributed by atoms with van der Waals surface area (Å²) in [5.41, 5.74) is 6.00. The molecular weight excluding hydrogens is 170 g/mol. The number of carbonyl (C=O) groups excluding carboxylic acids is 1. The van der Waals surface area contributed by atoms with Crippen LogP contribution in [0, 0.1) is 4.91 Å². The number of amides is 2. The molecule has 0 bridgehead atoms. The van der Waals surface area contributed by atoms with Gasteiger partial charge in [0.15, 0.2) is 0 Å². The highest BCUT2D eigenvalue weighted by Gasteiger charge is 1.96. The molecule has 0 fully saturated rings. The van der Waals surface area contributed by atoms with Gasteiger partial charge in [-0.15, -0.1) is 4.91 Å². The minimum Gasteiger partial charge on any atom is -0.352 e. The molecule has 5 nitrogen and oxygen atoms in total. The van der Waals surface area contributed by atoms with Crippen molar-refractivity contribution in [1.82, 2.24) is 5.32 Å². The smallest absolute Gasteiger partial charge is 0.312 e. The van der Waals surface area contributed by atoms with E-state index in [1.807, 2.05) is 0 Å². The third-order valence-corrected chi connectivity index (χ3v) is 1.48. The lowest BCUT2D eigenvalue weighted by atomic mass is 10.2. The summed E-state index contributed by atoms with van der Waals surface area (Å²) in [5.74, 6) is 0. The predicted molar refractivity (Wildman–Crippen MR) is 48.3 cm³/mol. The van der Waals surface area contributed by atoms with Gasteiger partial charge in [0.2, 0.25) is 0 Å². The molecule has 0 aliphatic rings. The van der Waals surface area contributed by atoms with Crippen LogP contribution in [0.15, 0.2) is 29.4 Å². The van der Waals surface area contributed by atoms with Gasteiger partial charge in [0.05, 0.1) is 0 Å². The van der Waals surface area contributed by atoms with E-state index >= 15 is 0 Å². The number of carbonyl (C=O) groups is 1. The molecule has 1 rings (SSSR count). The van der Waals surface area contributed by atoms with Crippen molar-refractivity contribution >= 4 is 11.7 Å². The Morgan fingerprint density at radius 3 is 2.92 bits per heavy atom. The van der Waals surface area contributed by atoms with Gasteiger partial charge in [0.25, 0.3) is 0 Å². The van der Waals surface area contributed by atoms with Crippen molar-refractivity contribution in [3.8, 4) is 0 Å². The highest BCUT2D eigenvalue weighted by molar-refractivity contribution is 5.71. The van der Waals surface area contributed by atoms with Gasteiger partial charge in [-0.25, -0.2) is 4.79 Å². The summed E-state index contributed by atoms with van der Waals surface area (Å²) in [4.78, 5) is 20.5. The zero-order valence-electron chi connectivity index (χ0n) is 6.86. The molecule has 3 N–H and O–H groups in total. The normalized spacial score (nSPS) is 9.23. The second kappa shape index (κ2) is 4.20. The first-order chi connectivity index (χ1) is 6.22. The Morgan fingerprint density at radius 1 is 1.54 bits per heavy atom. The van der Waals surface area contributed by atoms with E-state index in [4.69, 9.17) is 5.73 Å². The maximum Gasteiger partial charge on any atom is 0.312 e. The molecule has 0 radical (unpaired) electrons. The van der Waals surface area contributed by atoms with Gasteiger partial charge < -0.3 is 11.1 Å². The number of nitrogens with one attached hydrogen (secondary N) is 1. The number of rotatable bonds is 3. The van der Waals surface area contributed by atoms with Crippen LogP contribution in [0.5, 0.6) is 0 Å². The third-order valence-electron chi connectivity index (χ3n) is 1.48. The van der Waals surface area contributed by atoms with Crippen LogP contribution in [0.3, 0.4) is 0 Å². The summed E-state index contributed by atoms with van der Waals surface area (Å²) in [6.45, 7) is 0.304. The van der Waals surface area contributed by atoms with Crippen LogP contribution in [-0.4, -0.2) is 6.03 Å². The number of benzene rings is 1. The van der Waals surface area contributed by atoms with Gasteiger partial charge in [-0.2, -0.15) is 0 Å². The monoisotopic (exact) mass is 179 g/mol. The maximum atomic E-state index is 10.4. The number of primary amides is 1. The van der Waals surface area contributed by atoms with Crippen LogP contribution in [0.25, 0.3) is 0 Å². The molecule has 13 heavy (non-hydrogen) atoms. The summed E-state index contributed by atoms with van der Waals surface area (Å²) >= 11 is 0. The van der Waals surface area contributed by atoms with Gasteiger partial charge >= 0.3 is 6.03 Å². The van der Waals surface area contributed by atoms with E-state index in [1.165, 1.54) is 0 Å². The van der Waals surface area contributed by atoms with Crippen molar-refractivity contribution in [2.75, 3.05) is 0 Å². The van der Waals surface area contributed by atoms with Crippen molar-refractivity contribution in [2.45, 2.75) is 6.54 Å². The van der Waals surface area contributed by atoms with Crippen molar-refractivity contribution in [1.29, 1.82) is 0 Å². The molecule has 1 aromatic carbocycles. The molecule has 0 atom stereocenters. The van der Waals surface area contributed by atoms with E-state index in [9.17, 15) is 9.70 Å². The quantitative estimate of drug-likeness (QED) is 0.684. The van der Waals surface area contributed by atoms with Crippen molar-refractivity contribution < 1.29 is 4.79 Å². The maximum absolute atomic E-state index is 10.4. The van der Waals surface area contributed by atoms with E-state index in [0.717, 1.165) is 5.56 Å². The minimum atomic E-state index is -0.593. The molecule has 0 spiro atoms. The Labute approximate surface area is 74.9 Å². The van der Waals surface area contributed by atoms with Gasteiger partial charge in [0, 0.05) is 6.54 Å². The molecule has 0 saturated heterocycles. The molecular formula is C8H9N3O2. The Morgan fingerprint density at radius 2 is 2.31 bits per heavy atom. The summed E-state index contributed by atoms with van der Waals surface area (Å²) in [6, 6.07) is 6.03. The number of hydrogen-bond donors (Lipinski definition) is 2. The fraction of sp³-hybridized carbons (Fsp3) is 0.125. The largest absolute Gasteiger partial charge is 0.352 e. The van der Waals surface area contributed by atoms with Crippen molar-refractivity contribution in [3.05, 3.63) is 34.7 Å². The average molecular weight is 179 g/mol. The van der Waals surface area contributed by atoms with Crippen molar-refractivity contribution in [2.24, 2.45) is 10.9 Å². The van der Waals surface area contributed by atoms with E-state index in [-0.39, 0.29) is 0 Å². The molecule has 0 saturated carbocycles. The van der Waals surface area contributed by atoms with Crippen LogP contribution in [0.2, 0.25) is 0 Å². The molecule has 2 amide bonds. The van der Waals surface area contributed by atoms with Crippen LogP contribution < -0.4 is 11.1 Å². The number of nitroso groups, excluding NO2 is 1. The Bertz CT molecular complexity index is 325. The minimum absolute atomic E-state index is 0.304. The summed E-state index contributed by atoms with van der Waals surface area (Å²) in [6.07, 6.45) is 0. The van der Waals surface area contributed by atoms with Gasteiger partial charge in [-0.3, -0.25) is 0 Å². The first-order valence-corrected chi connectivity index (χ1v) is 3.68. The Kier molecular flexibility index (Phi) is 2.97. The first kappa shape index (κ1) is 9.18. The van der Waals surface area contributed by atoms with E-state index in [0.29, 0.717) is 12.2 Å². The van der Waals surface area contributed by atoms with E-state index in [2.05, 4.69) is 10.5 Å². The number of nitrogens with two attached hydrogens (primary N) is 1. The molecule has 1 aromatic rings. The summed E-state index contributed by atoms with van der Waals surface area (Å²) in [7, 11) is 0. The zero-order chi connectivity index (χ0) is 9.68. The van der Waals surface area contributed by atoms with Crippen LogP contribution in [-0.2, 0) is 6.54 Å². The van der Waals surface area contributed by atoms with Crippen LogP contribution >= 0.6 is 0 Å². The van der Waals surface area contributed by atoms with Gasteiger partial charge in [-0.05, 0) is 22.9 Å². The molecule has 0 unspecified atom stereocenters. The number of hydrogen-bond acceptors (Lipinski definition) is 3. The second-order valence-corrected chi connectivity index (χ2v) is 2.48. The van der Waals surface area contributed by atoms with E-state index < -0.39 is 6.03 Å². The number of urea groups is 1. The van der Waals surface area contributed by atoms with Crippen LogP contribution in [0.4, 0.5) is 10.5 Å². The molecule has 5 heteroatoms. The topological polar surface area (TPSA) is 84.6 Å². The third kappa shape index (κ3) is 2.90. The van der Waals surface area contributed by atoms with E-state index in [1.54, 1.807) is 24.3 Å².